The highest BCUT2D eigenvalue weighted by atomic mass is 16.5. The minimum Gasteiger partial charge on any atom is -0.493 e. The quantitative estimate of drug-likeness (QED) is 0.799. The standard InChI is InChI=1S/C15H25NO4/c1-9(8-12(17)10(2)16)11-6-7-13(18-3)15(20-5)14(11)19-4/h6-7,9-10,12,17H,8,16H2,1-5H3. The summed E-state index contributed by atoms with van der Waals surface area (Å²) in [6.07, 6.45) is 0.00608. The van der Waals surface area contributed by atoms with Crippen molar-refractivity contribution >= 4 is 0 Å². The molecular weight excluding hydrogens is 258 g/mol. The Morgan fingerprint density at radius 2 is 1.65 bits per heavy atom. The molecule has 0 aliphatic heterocycles. The smallest absolute Gasteiger partial charge is 0.203 e. The van der Waals surface area contributed by atoms with Gasteiger partial charge in [0.05, 0.1) is 27.4 Å². The molecule has 0 aliphatic rings. The molecule has 0 spiro atoms. The lowest BCUT2D eigenvalue weighted by Gasteiger charge is -2.23. The highest BCUT2D eigenvalue weighted by Gasteiger charge is 2.22. The average molecular weight is 283 g/mol. The van der Waals surface area contributed by atoms with Crippen LogP contribution in [0, 0.1) is 0 Å². The molecule has 1 rings (SSSR count). The van der Waals surface area contributed by atoms with E-state index >= 15 is 0 Å². The number of nitrogens with two attached hydrogens (primary N) is 1. The lowest BCUT2D eigenvalue weighted by atomic mass is 9.92. The van der Waals surface area contributed by atoms with Gasteiger partial charge in [0.2, 0.25) is 5.75 Å². The third-order valence-corrected chi connectivity index (χ3v) is 3.47. The van der Waals surface area contributed by atoms with E-state index in [1.165, 1.54) is 0 Å². The number of aliphatic hydroxyl groups is 1. The summed E-state index contributed by atoms with van der Waals surface area (Å²) in [4.78, 5) is 0. The summed E-state index contributed by atoms with van der Waals surface area (Å²) in [5, 5.41) is 9.93. The van der Waals surface area contributed by atoms with Crippen LogP contribution in [0.2, 0.25) is 0 Å². The first-order valence-corrected chi connectivity index (χ1v) is 6.68. The van der Waals surface area contributed by atoms with E-state index in [4.69, 9.17) is 19.9 Å². The van der Waals surface area contributed by atoms with E-state index < -0.39 is 6.10 Å². The van der Waals surface area contributed by atoms with E-state index in [0.717, 1.165) is 5.56 Å². The molecule has 114 valence electrons. The van der Waals surface area contributed by atoms with Crippen molar-refractivity contribution in [3.8, 4) is 17.2 Å². The molecule has 0 heterocycles. The number of ether oxygens (including phenoxy) is 3. The van der Waals surface area contributed by atoms with Crippen molar-refractivity contribution in [3.05, 3.63) is 17.7 Å². The highest BCUT2D eigenvalue weighted by molar-refractivity contribution is 5.56. The van der Waals surface area contributed by atoms with Crippen LogP contribution in [0.5, 0.6) is 17.2 Å². The topological polar surface area (TPSA) is 73.9 Å². The van der Waals surface area contributed by atoms with E-state index in [1.807, 2.05) is 19.1 Å². The molecule has 0 amide bonds. The Morgan fingerprint density at radius 1 is 1.05 bits per heavy atom. The zero-order valence-corrected chi connectivity index (χ0v) is 12.8. The van der Waals surface area contributed by atoms with Gasteiger partial charge in [0.25, 0.3) is 0 Å². The third kappa shape index (κ3) is 3.55. The van der Waals surface area contributed by atoms with E-state index in [0.29, 0.717) is 23.7 Å². The fourth-order valence-corrected chi connectivity index (χ4v) is 2.22. The minimum atomic E-state index is -0.553. The second-order valence-corrected chi connectivity index (χ2v) is 4.99. The summed E-state index contributed by atoms with van der Waals surface area (Å²) in [5.41, 5.74) is 6.67. The van der Waals surface area contributed by atoms with Crippen LogP contribution in [-0.4, -0.2) is 38.6 Å². The van der Waals surface area contributed by atoms with Gasteiger partial charge in [-0.25, -0.2) is 0 Å². The van der Waals surface area contributed by atoms with E-state index in [1.54, 1.807) is 28.3 Å². The number of hydrogen-bond donors (Lipinski definition) is 2. The molecule has 3 unspecified atom stereocenters. The van der Waals surface area contributed by atoms with Gasteiger partial charge in [-0.05, 0) is 25.3 Å². The van der Waals surface area contributed by atoms with Crippen LogP contribution >= 0.6 is 0 Å². The van der Waals surface area contributed by atoms with Gasteiger partial charge in [-0.2, -0.15) is 0 Å². The number of rotatable bonds is 7. The largest absolute Gasteiger partial charge is 0.493 e. The summed E-state index contributed by atoms with van der Waals surface area (Å²) in [6.45, 7) is 3.82. The SMILES string of the molecule is COc1ccc(C(C)CC(O)C(C)N)c(OC)c1OC. The molecule has 0 aromatic heterocycles. The first-order chi connectivity index (χ1) is 9.46. The Labute approximate surface area is 120 Å². The minimum absolute atomic E-state index is 0.0887. The number of methoxy groups -OCH3 is 3. The maximum Gasteiger partial charge on any atom is 0.203 e. The van der Waals surface area contributed by atoms with Crippen LogP contribution in [0.4, 0.5) is 0 Å². The second kappa shape index (κ2) is 7.36. The lowest BCUT2D eigenvalue weighted by Crippen LogP contribution is -2.32. The van der Waals surface area contributed by atoms with E-state index in [-0.39, 0.29) is 12.0 Å². The van der Waals surface area contributed by atoms with Crippen molar-refractivity contribution in [2.45, 2.75) is 38.3 Å². The van der Waals surface area contributed by atoms with E-state index in [9.17, 15) is 5.11 Å². The molecule has 20 heavy (non-hydrogen) atoms. The molecule has 3 N–H and O–H groups in total. The van der Waals surface area contributed by atoms with Crippen LogP contribution < -0.4 is 19.9 Å². The predicted molar refractivity (Wildman–Crippen MR) is 78.8 cm³/mol. The first kappa shape index (κ1) is 16.6. The van der Waals surface area contributed by atoms with Gasteiger partial charge >= 0.3 is 0 Å². The predicted octanol–water partition coefficient (Wildman–Crippen LogP) is 1.91. The van der Waals surface area contributed by atoms with Gasteiger partial charge in [-0.15, -0.1) is 0 Å². The van der Waals surface area contributed by atoms with Crippen LogP contribution in [-0.2, 0) is 0 Å². The maximum absolute atomic E-state index is 9.93. The number of aliphatic hydroxyl groups excluding tert-OH is 1. The van der Waals surface area contributed by atoms with Crippen molar-refractivity contribution in [1.29, 1.82) is 0 Å². The molecule has 5 nitrogen and oxygen atoms in total. The van der Waals surface area contributed by atoms with Crippen molar-refractivity contribution in [2.24, 2.45) is 5.73 Å². The van der Waals surface area contributed by atoms with Gasteiger partial charge in [0, 0.05) is 11.6 Å². The van der Waals surface area contributed by atoms with Gasteiger partial charge in [0.1, 0.15) is 0 Å². The normalized spacial score (nSPS) is 15.3. The van der Waals surface area contributed by atoms with Crippen LogP contribution in [0.15, 0.2) is 12.1 Å². The zero-order chi connectivity index (χ0) is 15.3. The Morgan fingerprint density at radius 3 is 2.10 bits per heavy atom. The molecule has 0 radical (unpaired) electrons. The number of benzene rings is 1. The summed E-state index contributed by atoms with van der Waals surface area (Å²) >= 11 is 0. The summed E-state index contributed by atoms with van der Waals surface area (Å²) in [7, 11) is 4.75. The zero-order valence-electron chi connectivity index (χ0n) is 12.8. The van der Waals surface area contributed by atoms with Crippen LogP contribution in [0.1, 0.15) is 31.7 Å². The van der Waals surface area contributed by atoms with Gasteiger partial charge in [-0.3, -0.25) is 0 Å². The Kier molecular flexibility index (Phi) is 6.10. The molecule has 1 aromatic rings. The van der Waals surface area contributed by atoms with Crippen molar-refractivity contribution in [2.75, 3.05) is 21.3 Å². The molecule has 0 aliphatic carbocycles. The van der Waals surface area contributed by atoms with Crippen LogP contribution in [0.25, 0.3) is 0 Å². The molecular formula is C15H25NO4. The lowest BCUT2D eigenvalue weighted by molar-refractivity contribution is 0.134. The summed E-state index contributed by atoms with van der Waals surface area (Å²) in [6, 6.07) is 3.51. The van der Waals surface area contributed by atoms with E-state index in [2.05, 4.69) is 0 Å². The Bertz CT molecular complexity index is 434. The second-order valence-electron chi connectivity index (χ2n) is 4.99. The Balaban J connectivity index is 3.11. The molecule has 5 heteroatoms. The fourth-order valence-electron chi connectivity index (χ4n) is 2.22. The monoisotopic (exact) mass is 283 g/mol. The van der Waals surface area contributed by atoms with Crippen molar-refractivity contribution < 1.29 is 19.3 Å². The maximum atomic E-state index is 9.93. The fraction of sp³-hybridized carbons (Fsp3) is 0.600. The summed E-state index contributed by atoms with van der Waals surface area (Å²) < 4.78 is 16.1. The molecule has 0 fully saturated rings. The Hall–Kier alpha value is -1.46. The molecule has 0 saturated carbocycles. The molecule has 3 atom stereocenters. The third-order valence-electron chi connectivity index (χ3n) is 3.47. The molecule has 0 bridgehead atoms. The van der Waals surface area contributed by atoms with Gasteiger partial charge in [-0.1, -0.05) is 13.0 Å². The number of hydrogen-bond acceptors (Lipinski definition) is 5. The molecule has 1 aromatic carbocycles. The molecule has 0 saturated heterocycles. The van der Waals surface area contributed by atoms with Crippen LogP contribution in [0.3, 0.4) is 0 Å². The van der Waals surface area contributed by atoms with Crippen molar-refractivity contribution in [1.82, 2.24) is 0 Å². The van der Waals surface area contributed by atoms with Crippen molar-refractivity contribution in [3.63, 3.8) is 0 Å². The first-order valence-electron chi connectivity index (χ1n) is 6.68. The van der Waals surface area contributed by atoms with Gasteiger partial charge < -0.3 is 25.1 Å². The van der Waals surface area contributed by atoms with Gasteiger partial charge in [0.15, 0.2) is 11.5 Å². The highest BCUT2D eigenvalue weighted by Crippen LogP contribution is 2.43. The average Bonchev–Trinajstić information content (AvgIpc) is 2.44. The summed E-state index contributed by atoms with van der Waals surface area (Å²) in [5.74, 6) is 1.91.